The van der Waals surface area contributed by atoms with Crippen molar-refractivity contribution in [3.8, 4) is 0 Å². The molecule has 0 aromatic heterocycles. The molecule has 1 N–H and O–H groups in total. The maximum Gasteiger partial charge on any atom is 0.306 e. The second-order valence-corrected chi connectivity index (χ2v) is 6.51. The quantitative estimate of drug-likeness (QED) is 0.771. The van der Waals surface area contributed by atoms with E-state index in [0.717, 1.165) is 51.9 Å². The number of hydrogen-bond acceptors (Lipinski definition) is 5. The molecule has 0 bridgehead atoms. The van der Waals surface area contributed by atoms with Crippen LogP contribution < -0.4 is 0 Å². The summed E-state index contributed by atoms with van der Waals surface area (Å²) in [6, 6.07) is 0. The summed E-state index contributed by atoms with van der Waals surface area (Å²) in [6.07, 6.45) is 3.52. The summed E-state index contributed by atoms with van der Waals surface area (Å²) < 4.78 is 0. The van der Waals surface area contributed by atoms with E-state index in [1.54, 1.807) is 7.05 Å². The van der Waals surface area contributed by atoms with Gasteiger partial charge in [-0.25, -0.2) is 5.06 Å². The van der Waals surface area contributed by atoms with Gasteiger partial charge in [-0.3, -0.25) is 14.4 Å². The number of piperidine rings is 2. The number of carbonyl (C=O) groups is 2. The van der Waals surface area contributed by atoms with E-state index < -0.39 is 5.97 Å². The number of aliphatic carboxylic acids is 1. The maximum atomic E-state index is 11.6. The zero-order chi connectivity index (χ0) is 17.4. The fraction of sp³-hybridized carbons (Fsp3) is 0.875. The van der Waals surface area contributed by atoms with Gasteiger partial charge in [0.1, 0.15) is 0 Å². The van der Waals surface area contributed by atoms with Gasteiger partial charge in [0, 0.05) is 13.0 Å². The molecule has 0 spiro atoms. The van der Waals surface area contributed by atoms with Gasteiger partial charge in [-0.1, -0.05) is 0 Å². The Morgan fingerprint density at radius 3 is 1.70 bits per heavy atom. The first-order chi connectivity index (χ1) is 10.8. The molecular weight excluding hydrogens is 298 g/mol. The molecule has 0 aromatic carbocycles. The van der Waals surface area contributed by atoms with Crippen molar-refractivity contribution in [3.05, 3.63) is 0 Å². The van der Waals surface area contributed by atoms with Crippen molar-refractivity contribution in [2.75, 3.05) is 54.4 Å². The van der Waals surface area contributed by atoms with Gasteiger partial charge in [-0.05, 0) is 66.0 Å². The number of carboxylic acid groups (broad SMARTS) is 1. The number of likely N-dealkylation sites (tertiary alicyclic amines) is 2. The number of amides is 1. The highest BCUT2D eigenvalue weighted by Gasteiger charge is 2.25. The van der Waals surface area contributed by atoms with Crippen LogP contribution in [-0.2, 0) is 14.4 Å². The zero-order valence-electron chi connectivity index (χ0n) is 14.8. The summed E-state index contributed by atoms with van der Waals surface area (Å²) in [6.45, 7) is 3.87. The van der Waals surface area contributed by atoms with Crippen molar-refractivity contribution >= 4 is 11.9 Å². The predicted molar refractivity (Wildman–Crippen MR) is 87.9 cm³/mol. The third kappa shape index (κ3) is 6.85. The molecule has 0 atom stereocenters. The van der Waals surface area contributed by atoms with Gasteiger partial charge in [0.05, 0.1) is 13.0 Å². The fourth-order valence-corrected chi connectivity index (χ4v) is 2.86. The first-order valence-corrected chi connectivity index (χ1v) is 8.26. The molecule has 0 saturated carbocycles. The number of rotatable bonds is 3. The molecule has 0 unspecified atom stereocenters. The molecule has 2 rings (SSSR count). The number of nitrogens with zero attached hydrogens (tertiary/aromatic N) is 3. The second-order valence-electron chi connectivity index (χ2n) is 6.51. The van der Waals surface area contributed by atoms with E-state index >= 15 is 0 Å². The lowest BCUT2D eigenvalue weighted by atomic mass is 9.96. The van der Waals surface area contributed by atoms with Crippen molar-refractivity contribution in [2.24, 2.45) is 11.8 Å². The number of hydrogen-bond donors (Lipinski definition) is 1. The molecule has 0 radical (unpaired) electrons. The Morgan fingerprint density at radius 1 is 0.957 bits per heavy atom. The number of carbonyl (C=O) groups excluding carboxylic acids is 1. The highest BCUT2D eigenvalue weighted by atomic mass is 16.7. The molecule has 2 fully saturated rings. The molecule has 7 heteroatoms. The van der Waals surface area contributed by atoms with E-state index in [9.17, 15) is 9.59 Å². The number of carboxylic acids is 1. The molecule has 2 aliphatic rings. The summed E-state index contributed by atoms with van der Waals surface area (Å²) in [5, 5.41) is 9.94. The largest absolute Gasteiger partial charge is 0.481 e. The summed E-state index contributed by atoms with van der Waals surface area (Å²) in [7, 11) is 7.30. The Labute approximate surface area is 139 Å². The van der Waals surface area contributed by atoms with E-state index in [-0.39, 0.29) is 17.7 Å². The van der Waals surface area contributed by atoms with Crippen LogP contribution in [0.3, 0.4) is 0 Å². The van der Waals surface area contributed by atoms with Crippen LogP contribution >= 0.6 is 0 Å². The molecule has 2 heterocycles. The van der Waals surface area contributed by atoms with Crippen molar-refractivity contribution < 1.29 is 19.5 Å². The Hall–Kier alpha value is -1.18. The summed E-state index contributed by atoms with van der Waals surface area (Å²) in [4.78, 5) is 31.3. The monoisotopic (exact) mass is 329 g/mol. The van der Waals surface area contributed by atoms with Crippen LogP contribution in [0, 0.1) is 11.8 Å². The molecule has 1 amide bonds. The Kier molecular flexibility index (Phi) is 8.51. The van der Waals surface area contributed by atoms with E-state index in [0.29, 0.717) is 0 Å². The lowest BCUT2D eigenvalue weighted by Crippen LogP contribution is -2.39. The van der Waals surface area contributed by atoms with Crippen LogP contribution in [0.4, 0.5) is 0 Å². The topological polar surface area (TPSA) is 73.3 Å². The number of hydroxylamine groups is 2. The van der Waals surface area contributed by atoms with Gasteiger partial charge >= 0.3 is 5.97 Å². The zero-order valence-corrected chi connectivity index (χ0v) is 14.8. The van der Waals surface area contributed by atoms with Crippen molar-refractivity contribution in [1.82, 2.24) is 14.9 Å². The minimum atomic E-state index is -0.631. The normalized spacial score (nSPS) is 21.4. The van der Waals surface area contributed by atoms with Crippen LogP contribution in [0.5, 0.6) is 0 Å². The minimum Gasteiger partial charge on any atom is -0.481 e. The summed E-state index contributed by atoms with van der Waals surface area (Å²) >= 11 is 0. The van der Waals surface area contributed by atoms with Crippen molar-refractivity contribution in [1.29, 1.82) is 0 Å². The van der Waals surface area contributed by atoms with Crippen molar-refractivity contribution in [3.63, 3.8) is 0 Å². The van der Waals surface area contributed by atoms with Gasteiger partial charge in [-0.2, -0.15) is 0 Å². The molecule has 7 nitrogen and oxygen atoms in total. The molecule has 0 aromatic rings. The van der Waals surface area contributed by atoms with Crippen LogP contribution in [-0.4, -0.2) is 86.3 Å². The first kappa shape index (κ1) is 19.9. The molecule has 23 heavy (non-hydrogen) atoms. The van der Waals surface area contributed by atoms with Gasteiger partial charge in [-0.15, -0.1) is 0 Å². The SMILES string of the molecule is CN1CCC(C(=O)O)CC1.CON(C)C(=O)C1CCN(C)CC1. The fourth-order valence-electron chi connectivity index (χ4n) is 2.86. The summed E-state index contributed by atoms with van der Waals surface area (Å²) in [5.74, 6) is -0.457. The lowest BCUT2D eigenvalue weighted by Gasteiger charge is -2.29. The predicted octanol–water partition coefficient (Wildman–Crippen LogP) is 0.761. The van der Waals surface area contributed by atoms with E-state index in [2.05, 4.69) is 16.8 Å². The maximum absolute atomic E-state index is 11.6. The Bertz CT molecular complexity index is 376. The molecule has 0 aliphatic carbocycles. The third-order valence-electron chi connectivity index (χ3n) is 4.72. The minimum absolute atomic E-state index is 0.0869. The lowest BCUT2D eigenvalue weighted by molar-refractivity contribution is -0.174. The summed E-state index contributed by atoms with van der Waals surface area (Å²) in [5.41, 5.74) is 0. The average Bonchev–Trinajstić information content (AvgIpc) is 2.55. The Morgan fingerprint density at radius 2 is 1.35 bits per heavy atom. The molecule has 2 aliphatic heterocycles. The third-order valence-corrected chi connectivity index (χ3v) is 4.72. The van der Waals surface area contributed by atoms with E-state index in [4.69, 9.17) is 9.94 Å². The average molecular weight is 329 g/mol. The molecule has 2 saturated heterocycles. The first-order valence-electron chi connectivity index (χ1n) is 8.26. The van der Waals surface area contributed by atoms with Crippen LogP contribution in [0.25, 0.3) is 0 Å². The van der Waals surface area contributed by atoms with Crippen LogP contribution in [0.15, 0.2) is 0 Å². The highest BCUT2D eigenvalue weighted by Crippen LogP contribution is 2.18. The Balaban J connectivity index is 0.000000238. The van der Waals surface area contributed by atoms with E-state index in [1.165, 1.54) is 12.2 Å². The van der Waals surface area contributed by atoms with Gasteiger partial charge in [0.15, 0.2) is 0 Å². The molecular formula is C16H31N3O4. The smallest absolute Gasteiger partial charge is 0.306 e. The van der Waals surface area contributed by atoms with Gasteiger partial charge in [0.2, 0.25) is 5.91 Å². The van der Waals surface area contributed by atoms with Crippen molar-refractivity contribution in [2.45, 2.75) is 25.7 Å². The van der Waals surface area contributed by atoms with Gasteiger partial charge in [0.25, 0.3) is 0 Å². The standard InChI is InChI=1S/C9H18N2O2.C7H13NO2/c1-10-6-4-8(5-7-10)9(12)11(2)13-3;1-8-4-2-6(3-5-8)7(9)10/h8H,4-7H2,1-3H3;6H,2-5H2,1H3,(H,9,10). The van der Waals surface area contributed by atoms with Gasteiger partial charge < -0.3 is 14.9 Å². The van der Waals surface area contributed by atoms with E-state index in [1.807, 2.05) is 7.05 Å². The molecule has 134 valence electrons. The van der Waals surface area contributed by atoms with Crippen LogP contribution in [0.2, 0.25) is 0 Å². The van der Waals surface area contributed by atoms with Crippen LogP contribution in [0.1, 0.15) is 25.7 Å². The second kappa shape index (κ2) is 9.85. The highest BCUT2D eigenvalue weighted by molar-refractivity contribution is 5.77.